The second-order valence-corrected chi connectivity index (χ2v) is 10.4. The summed E-state index contributed by atoms with van der Waals surface area (Å²) in [6.07, 6.45) is 4.11. The van der Waals surface area contributed by atoms with Gasteiger partial charge in [0.05, 0.1) is 23.3 Å². The van der Waals surface area contributed by atoms with Crippen LogP contribution in [0.4, 0.5) is 0 Å². The largest absolute Gasteiger partial charge is 0.499 e. The molecule has 1 heterocycles. The van der Waals surface area contributed by atoms with E-state index >= 15 is 0 Å². The number of aliphatic hydroxyl groups is 1. The van der Waals surface area contributed by atoms with E-state index in [0.29, 0.717) is 12.5 Å². The Balaban J connectivity index is 1.42. The van der Waals surface area contributed by atoms with E-state index in [9.17, 15) is 9.90 Å². The lowest BCUT2D eigenvalue weighted by atomic mass is 9.79. The molecule has 0 radical (unpaired) electrons. The van der Waals surface area contributed by atoms with E-state index in [2.05, 4.69) is 49.0 Å². The molecule has 1 atom stereocenters. The van der Waals surface area contributed by atoms with E-state index in [-0.39, 0.29) is 11.7 Å². The third kappa shape index (κ3) is 5.86. The van der Waals surface area contributed by atoms with Gasteiger partial charge in [-0.25, -0.2) is 0 Å². The van der Waals surface area contributed by atoms with E-state index in [0.717, 1.165) is 58.7 Å². The smallest absolute Gasteiger partial charge is 0.175 e. The maximum absolute atomic E-state index is 13.2. The fourth-order valence-electron chi connectivity index (χ4n) is 4.84. The summed E-state index contributed by atoms with van der Waals surface area (Å²) in [5.74, 6) is 1.64. The molecule has 1 aromatic heterocycles. The molecule has 0 amide bonds. The Hall–Kier alpha value is -2.69. The lowest BCUT2D eigenvalue weighted by molar-refractivity contribution is 0.0861. The average molecular weight is 475 g/mol. The van der Waals surface area contributed by atoms with Crippen LogP contribution in [0, 0.1) is 11.8 Å². The number of ketones is 1. The van der Waals surface area contributed by atoms with Gasteiger partial charge in [0.2, 0.25) is 0 Å². The highest BCUT2D eigenvalue weighted by Crippen LogP contribution is 2.37. The van der Waals surface area contributed by atoms with Gasteiger partial charge >= 0.3 is 0 Å². The molecule has 4 rings (SSSR count). The van der Waals surface area contributed by atoms with Gasteiger partial charge < -0.3 is 9.84 Å². The van der Waals surface area contributed by atoms with Crippen molar-refractivity contribution in [2.75, 3.05) is 6.61 Å². The highest BCUT2D eigenvalue weighted by atomic mass is 32.1. The molecule has 1 fully saturated rings. The fraction of sp³-hybridized carbons (Fsp3) is 0.367. The summed E-state index contributed by atoms with van der Waals surface area (Å²) in [5.41, 5.74) is 4.48. The number of Topliss-reactive ketones (excluding diaryl/α,β-unsaturated/α-hetero) is 1. The number of carbonyl (C=O) groups excluding carboxylic acids is 1. The highest BCUT2D eigenvalue weighted by Gasteiger charge is 2.29. The molecule has 0 spiro atoms. The SMILES string of the molecule is C=C(OCC)C1CCC(C(=O)c2ccc(-c3cccc(Cc4cccc(C(C)O)c4)c3)s2)CC1. The zero-order valence-corrected chi connectivity index (χ0v) is 20.9. The van der Waals surface area contributed by atoms with Gasteiger partial charge in [-0.15, -0.1) is 11.3 Å². The summed E-state index contributed by atoms with van der Waals surface area (Å²) in [6, 6.07) is 20.7. The number of aliphatic hydroxyl groups excluding tert-OH is 1. The molecular formula is C30H34O3S. The molecule has 34 heavy (non-hydrogen) atoms. The van der Waals surface area contributed by atoms with Crippen molar-refractivity contribution in [3.8, 4) is 10.4 Å². The second-order valence-electron chi connectivity index (χ2n) is 9.27. The van der Waals surface area contributed by atoms with Crippen molar-refractivity contribution in [2.24, 2.45) is 11.8 Å². The Morgan fingerprint density at radius 1 is 1.03 bits per heavy atom. The number of carbonyl (C=O) groups is 1. The van der Waals surface area contributed by atoms with Gasteiger partial charge in [-0.2, -0.15) is 0 Å². The van der Waals surface area contributed by atoms with E-state index in [4.69, 9.17) is 4.74 Å². The van der Waals surface area contributed by atoms with Crippen molar-refractivity contribution >= 4 is 17.1 Å². The molecule has 3 nitrogen and oxygen atoms in total. The average Bonchev–Trinajstić information content (AvgIpc) is 3.35. The van der Waals surface area contributed by atoms with Crippen LogP contribution in [-0.4, -0.2) is 17.5 Å². The van der Waals surface area contributed by atoms with E-state index < -0.39 is 6.10 Å². The van der Waals surface area contributed by atoms with Crippen molar-refractivity contribution in [1.29, 1.82) is 0 Å². The summed E-state index contributed by atoms with van der Waals surface area (Å²) in [6.45, 7) is 8.50. The Bertz CT molecular complexity index is 1140. The minimum absolute atomic E-state index is 0.102. The third-order valence-electron chi connectivity index (χ3n) is 6.79. The van der Waals surface area contributed by atoms with Crippen LogP contribution in [0.25, 0.3) is 10.4 Å². The van der Waals surface area contributed by atoms with E-state index in [1.165, 1.54) is 11.1 Å². The zero-order valence-electron chi connectivity index (χ0n) is 20.1. The van der Waals surface area contributed by atoms with Crippen LogP contribution in [-0.2, 0) is 11.2 Å². The van der Waals surface area contributed by atoms with Crippen LogP contribution in [0.1, 0.15) is 72.0 Å². The van der Waals surface area contributed by atoms with Crippen molar-refractivity contribution in [2.45, 2.75) is 52.1 Å². The molecule has 1 saturated carbocycles. The van der Waals surface area contributed by atoms with Crippen LogP contribution in [0.3, 0.4) is 0 Å². The van der Waals surface area contributed by atoms with Gasteiger partial charge in [0, 0.05) is 16.7 Å². The Kier molecular flexibility index (Phi) is 8.02. The monoisotopic (exact) mass is 474 g/mol. The van der Waals surface area contributed by atoms with Gasteiger partial charge in [0.15, 0.2) is 5.78 Å². The minimum atomic E-state index is -0.466. The molecule has 0 saturated heterocycles. The molecule has 1 aliphatic rings. The van der Waals surface area contributed by atoms with Gasteiger partial charge in [-0.05, 0) is 80.3 Å². The highest BCUT2D eigenvalue weighted by molar-refractivity contribution is 7.17. The number of thiophene rings is 1. The topological polar surface area (TPSA) is 46.5 Å². The predicted molar refractivity (Wildman–Crippen MR) is 140 cm³/mol. The standard InChI is InChI=1S/C30H34O3S/c1-4-33-21(3)24-11-13-25(14-12-24)30(32)29-16-15-28(34-29)27-10-6-8-23(19-27)17-22-7-5-9-26(18-22)20(2)31/h5-10,15-16,18-20,24-25,31H,3-4,11-14,17H2,1-2H3. The molecule has 1 unspecified atom stereocenters. The first-order valence-corrected chi connectivity index (χ1v) is 13.1. The molecule has 1 aliphatic carbocycles. The Labute approximate surface area is 207 Å². The lowest BCUT2D eigenvalue weighted by Crippen LogP contribution is -2.22. The Morgan fingerprint density at radius 3 is 2.41 bits per heavy atom. The molecule has 1 N–H and O–H groups in total. The van der Waals surface area contributed by atoms with E-state index in [1.54, 1.807) is 18.3 Å². The summed E-state index contributed by atoms with van der Waals surface area (Å²) in [4.78, 5) is 15.2. The van der Waals surface area contributed by atoms with Crippen LogP contribution in [0.15, 0.2) is 73.0 Å². The van der Waals surface area contributed by atoms with Crippen LogP contribution in [0.2, 0.25) is 0 Å². The number of benzene rings is 2. The number of hydrogen-bond donors (Lipinski definition) is 1. The molecule has 3 aromatic rings. The minimum Gasteiger partial charge on any atom is -0.499 e. The van der Waals surface area contributed by atoms with Gasteiger partial charge in [-0.3, -0.25) is 4.79 Å². The molecule has 0 aliphatic heterocycles. The number of allylic oxidation sites excluding steroid dienone is 1. The maximum atomic E-state index is 13.2. The van der Waals surface area contributed by atoms with Crippen LogP contribution in [0.5, 0.6) is 0 Å². The quantitative estimate of drug-likeness (QED) is 0.257. The summed E-state index contributed by atoms with van der Waals surface area (Å²) in [7, 11) is 0. The molecule has 178 valence electrons. The molecule has 4 heteroatoms. The third-order valence-corrected chi connectivity index (χ3v) is 7.93. The van der Waals surface area contributed by atoms with Crippen molar-refractivity contribution in [3.63, 3.8) is 0 Å². The number of hydrogen-bond acceptors (Lipinski definition) is 4. The normalized spacial score (nSPS) is 18.9. The Morgan fingerprint density at radius 2 is 1.71 bits per heavy atom. The van der Waals surface area contributed by atoms with Crippen molar-refractivity contribution in [3.05, 3.63) is 94.6 Å². The molecular weight excluding hydrogens is 440 g/mol. The first kappa shape index (κ1) is 24.4. The van der Waals surface area contributed by atoms with Crippen molar-refractivity contribution < 1.29 is 14.6 Å². The fourth-order valence-corrected chi connectivity index (χ4v) is 5.86. The van der Waals surface area contributed by atoms with Crippen LogP contribution < -0.4 is 0 Å². The van der Waals surface area contributed by atoms with Gasteiger partial charge in [-0.1, -0.05) is 55.1 Å². The van der Waals surface area contributed by atoms with Gasteiger partial charge in [0.1, 0.15) is 0 Å². The summed E-state index contributed by atoms with van der Waals surface area (Å²) < 4.78 is 5.59. The van der Waals surface area contributed by atoms with E-state index in [1.807, 2.05) is 25.1 Å². The van der Waals surface area contributed by atoms with Crippen molar-refractivity contribution in [1.82, 2.24) is 0 Å². The number of rotatable bonds is 9. The molecule has 0 bridgehead atoms. The van der Waals surface area contributed by atoms with Crippen LogP contribution >= 0.6 is 11.3 Å². The first-order chi connectivity index (χ1) is 16.4. The lowest BCUT2D eigenvalue weighted by Gasteiger charge is -2.28. The maximum Gasteiger partial charge on any atom is 0.175 e. The first-order valence-electron chi connectivity index (χ1n) is 12.3. The predicted octanol–water partition coefficient (Wildman–Crippen LogP) is 7.60. The second kappa shape index (κ2) is 11.2. The summed E-state index contributed by atoms with van der Waals surface area (Å²) in [5, 5.41) is 9.87. The van der Waals surface area contributed by atoms with Gasteiger partial charge in [0.25, 0.3) is 0 Å². The zero-order chi connectivity index (χ0) is 24.1. The summed E-state index contributed by atoms with van der Waals surface area (Å²) >= 11 is 1.60. The molecule has 2 aromatic carbocycles. The number of ether oxygens (including phenoxy) is 1.